The fourth-order valence-electron chi connectivity index (χ4n) is 3.93. The molecule has 0 unspecified atom stereocenters. The van der Waals surface area contributed by atoms with Crippen molar-refractivity contribution in [3.63, 3.8) is 0 Å². The average molecular weight is 590 g/mol. The summed E-state index contributed by atoms with van der Waals surface area (Å²) in [6.07, 6.45) is 1.90. The molecule has 2 amide bonds. The molecule has 3 aromatic rings. The first-order valence-corrected chi connectivity index (χ1v) is 15.3. The molecule has 0 radical (unpaired) electrons. The Morgan fingerprint density at radius 3 is 2.28 bits per heavy atom. The molecule has 11 heteroatoms. The molecule has 1 atom stereocenters. The lowest BCUT2D eigenvalue weighted by Gasteiger charge is -2.32. The van der Waals surface area contributed by atoms with Crippen molar-refractivity contribution in [2.45, 2.75) is 36.2 Å². The number of rotatable bonds is 12. The van der Waals surface area contributed by atoms with E-state index < -0.39 is 34.4 Å². The van der Waals surface area contributed by atoms with Crippen LogP contribution in [0.5, 0.6) is 5.75 Å². The van der Waals surface area contributed by atoms with Gasteiger partial charge in [0.2, 0.25) is 11.8 Å². The lowest BCUT2D eigenvalue weighted by atomic mass is 10.1. The maximum atomic E-state index is 14.0. The number of nitrogens with one attached hydrogen (secondary N) is 1. The third-order valence-electron chi connectivity index (χ3n) is 6.07. The van der Waals surface area contributed by atoms with Crippen LogP contribution in [-0.2, 0) is 26.2 Å². The monoisotopic (exact) mass is 589 g/mol. The van der Waals surface area contributed by atoms with E-state index in [-0.39, 0.29) is 17.1 Å². The van der Waals surface area contributed by atoms with Crippen LogP contribution in [0.1, 0.15) is 19.4 Å². The van der Waals surface area contributed by atoms with E-state index in [1.165, 1.54) is 35.8 Å². The highest BCUT2D eigenvalue weighted by atomic mass is 35.5. The second-order valence-corrected chi connectivity index (χ2v) is 11.6. The zero-order chi connectivity index (χ0) is 28.6. The van der Waals surface area contributed by atoms with Crippen LogP contribution in [0.15, 0.2) is 82.6 Å². The quantitative estimate of drug-likeness (QED) is 0.304. The van der Waals surface area contributed by atoms with Crippen molar-refractivity contribution in [1.29, 1.82) is 0 Å². The number of thioether (sulfide) groups is 1. The van der Waals surface area contributed by atoms with Crippen LogP contribution in [-0.4, -0.2) is 57.6 Å². The summed E-state index contributed by atoms with van der Waals surface area (Å²) >= 11 is 7.85. The zero-order valence-corrected chi connectivity index (χ0v) is 24.6. The van der Waals surface area contributed by atoms with Crippen LogP contribution in [0.2, 0.25) is 5.02 Å². The minimum Gasteiger partial charge on any atom is -0.492 e. The third-order valence-corrected chi connectivity index (χ3v) is 8.96. The summed E-state index contributed by atoms with van der Waals surface area (Å²) in [5.41, 5.74) is 0.840. The predicted octanol–water partition coefficient (Wildman–Crippen LogP) is 4.82. The van der Waals surface area contributed by atoms with Crippen molar-refractivity contribution in [3.8, 4) is 5.75 Å². The highest BCUT2D eigenvalue weighted by molar-refractivity contribution is 7.98. The SMILES string of the molecule is CCOc1ccccc1N(CC(=O)N(Cc1ccccc1Cl)[C@H](C)C(=O)NC)S(=O)(=O)c1ccc(SC)cc1. The van der Waals surface area contributed by atoms with Gasteiger partial charge in [0.25, 0.3) is 10.0 Å². The molecule has 0 saturated carbocycles. The highest BCUT2D eigenvalue weighted by Gasteiger charge is 2.33. The van der Waals surface area contributed by atoms with Crippen molar-refractivity contribution in [1.82, 2.24) is 10.2 Å². The lowest BCUT2D eigenvalue weighted by molar-refractivity contribution is -0.139. The molecule has 0 bridgehead atoms. The van der Waals surface area contributed by atoms with E-state index in [4.69, 9.17) is 16.3 Å². The molecular formula is C28H32ClN3O5S2. The first-order valence-electron chi connectivity index (χ1n) is 12.3. The molecule has 0 aromatic heterocycles. The minimum absolute atomic E-state index is 0.0104. The molecule has 0 aliphatic rings. The first kappa shape index (κ1) is 30.3. The van der Waals surface area contributed by atoms with Crippen LogP contribution in [0.4, 0.5) is 5.69 Å². The molecule has 39 heavy (non-hydrogen) atoms. The number of anilines is 1. The van der Waals surface area contributed by atoms with Crippen molar-refractivity contribution >= 4 is 50.9 Å². The zero-order valence-electron chi connectivity index (χ0n) is 22.3. The van der Waals surface area contributed by atoms with Crippen LogP contribution in [0.3, 0.4) is 0 Å². The fourth-order valence-corrected chi connectivity index (χ4v) is 5.96. The Morgan fingerprint density at radius 2 is 1.67 bits per heavy atom. The largest absolute Gasteiger partial charge is 0.492 e. The normalized spacial score (nSPS) is 11.9. The van der Waals surface area contributed by atoms with Crippen molar-refractivity contribution in [2.24, 2.45) is 0 Å². The van der Waals surface area contributed by atoms with Gasteiger partial charge in [-0.15, -0.1) is 11.8 Å². The summed E-state index contributed by atoms with van der Waals surface area (Å²) in [6.45, 7) is 3.12. The Labute approximate surface area is 239 Å². The van der Waals surface area contributed by atoms with E-state index in [1.807, 2.05) is 6.26 Å². The summed E-state index contributed by atoms with van der Waals surface area (Å²) in [5, 5.41) is 2.99. The molecule has 0 aliphatic heterocycles. The molecule has 0 saturated heterocycles. The van der Waals surface area contributed by atoms with Crippen molar-refractivity contribution in [2.75, 3.05) is 30.8 Å². The Hall–Kier alpha value is -3.21. The molecule has 208 valence electrons. The van der Waals surface area contributed by atoms with E-state index in [0.717, 1.165) is 9.20 Å². The number of halogens is 1. The third kappa shape index (κ3) is 7.26. The van der Waals surface area contributed by atoms with E-state index in [2.05, 4.69) is 5.32 Å². The molecule has 3 rings (SSSR count). The maximum Gasteiger partial charge on any atom is 0.264 e. The predicted molar refractivity (Wildman–Crippen MR) is 156 cm³/mol. The Bertz CT molecular complexity index is 1400. The number of benzene rings is 3. The minimum atomic E-state index is -4.21. The highest BCUT2D eigenvalue weighted by Crippen LogP contribution is 2.33. The van der Waals surface area contributed by atoms with Crippen molar-refractivity contribution in [3.05, 3.63) is 83.4 Å². The van der Waals surface area contributed by atoms with Crippen LogP contribution >= 0.6 is 23.4 Å². The molecule has 0 heterocycles. The van der Waals surface area contributed by atoms with Gasteiger partial charge in [-0.2, -0.15) is 0 Å². The van der Waals surface area contributed by atoms with Gasteiger partial charge in [-0.25, -0.2) is 8.42 Å². The Morgan fingerprint density at radius 1 is 1.03 bits per heavy atom. The number of ether oxygens (including phenoxy) is 1. The molecular weight excluding hydrogens is 558 g/mol. The molecule has 3 aromatic carbocycles. The Kier molecular flexibility index (Phi) is 10.7. The van der Waals surface area contributed by atoms with Gasteiger partial charge in [-0.1, -0.05) is 41.9 Å². The number of hydrogen-bond acceptors (Lipinski definition) is 6. The summed E-state index contributed by atoms with van der Waals surface area (Å²) in [6, 6.07) is 19.2. The van der Waals surface area contributed by atoms with Gasteiger partial charge in [0.1, 0.15) is 18.3 Å². The summed E-state index contributed by atoms with van der Waals surface area (Å²) in [7, 11) is -2.73. The van der Waals surface area contributed by atoms with Crippen LogP contribution in [0.25, 0.3) is 0 Å². The maximum absolute atomic E-state index is 14.0. The van der Waals surface area contributed by atoms with Crippen LogP contribution < -0.4 is 14.4 Å². The number of carbonyl (C=O) groups is 2. The van der Waals surface area contributed by atoms with E-state index in [1.54, 1.807) is 74.5 Å². The van der Waals surface area contributed by atoms with Gasteiger partial charge >= 0.3 is 0 Å². The molecule has 0 aliphatic carbocycles. The van der Waals surface area contributed by atoms with Crippen LogP contribution in [0, 0.1) is 0 Å². The van der Waals surface area contributed by atoms with Gasteiger partial charge in [0, 0.05) is 23.5 Å². The summed E-state index contributed by atoms with van der Waals surface area (Å²) in [4.78, 5) is 28.8. The molecule has 8 nitrogen and oxygen atoms in total. The lowest BCUT2D eigenvalue weighted by Crippen LogP contribution is -2.50. The summed E-state index contributed by atoms with van der Waals surface area (Å²) in [5.74, 6) is -0.664. The van der Waals surface area contributed by atoms with E-state index >= 15 is 0 Å². The number of para-hydroxylation sites is 2. The topological polar surface area (TPSA) is 96.0 Å². The Balaban J connectivity index is 2.10. The number of amides is 2. The fraction of sp³-hybridized carbons (Fsp3) is 0.286. The average Bonchev–Trinajstić information content (AvgIpc) is 2.95. The first-order chi connectivity index (χ1) is 18.6. The van der Waals surface area contributed by atoms with E-state index in [9.17, 15) is 18.0 Å². The molecule has 0 fully saturated rings. The molecule has 1 N–H and O–H groups in total. The number of carbonyl (C=O) groups excluding carboxylic acids is 2. The van der Waals surface area contributed by atoms with Gasteiger partial charge in [-0.3, -0.25) is 13.9 Å². The number of hydrogen-bond donors (Lipinski definition) is 1. The second kappa shape index (κ2) is 13.7. The second-order valence-electron chi connectivity index (χ2n) is 8.49. The van der Waals surface area contributed by atoms with Gasteiger partial charge < -0.3 is 15.0 Å². The van der Waals surface area contributed by atoms with Gasteiger partial charge in [0.05, 0.1) is 17.2 Å². The van der Waals surface area contributed by atoms with E-state index in [0.29, 0.717) is 22.9 Å². The number of likely N-dealkylation sites (N-methyl/N-ethyl adjacent to an activating group) is 1. The van der Waals surface area contributed by atoms with Crippen molar-refractivity contribution < 1.29 is 22.7 Å². The summed E-state index contributed by atoms with van der Waals surface area (Å²) < 4.78 is 34.8. The number of nitrogens with zero attached hydrogens (tertiary/aromatic N) is 2. The molecule has 0 spiro atoms. The standard InChI is InChI=1S/C28H32ClN3O5S2/c1-5-37-26-13-9-8-12-25(26)32(39(35,36)23-16-14-22(38-4)15-17-23)19-27(33)31(20(2)28(34)30-3)18-21-10-6-7-11-24(21)29/h6-17,20H,5,18-19H2,1-4H3,(H,30,34)/t20-/m1/s1. The van der Waals surface area contributed by atoms with Gasteiger partial charge in [0.15, 0.2) is 0 Å². The van der Waals surface area contributed by atoms with Gasteiger partial charge in [-0.05, 0) is 68.1 Å². The number of sulfonamides is 1. The smallest absolute Gasteiger partial charge is 0.264 e.